The van der Waals surface area contributed by atoms with E-state index in [1.807, 2.05) is 6.92 Å². The second-order valence-electron chi connectivity index (χ2n) is 6.62. The molecule has 1 amide bonds. The average Bonchev–Trinajstić information content (AvgIpc) is 3.16. The van der Waals surface area contributed by atoms with Crippen LogP contribution in [-0.2, 0) is 4.74 Å². The maximum absolute atomic E-state index is 13.2. The topological polar surface area (TPSA) is 60.5 Å². The molecule has 0 aliphatic carbocycles. The van der Waals surface area contributed by atoms with E-state index >= 15 is 0 Å². The number of carbonyl (C=O) groups excluding carboxylic acids is 1. The monoisotopic (exact) mass is 436 g/mol. The number of aromatic nitrogens is 1. The molecule has 2 atom stereocenters. The lowest BCUT2D eigenvalue weighted by Crippen LogP contribution is -2.33. The minimum absolute atomic E-state index is 0.00677. The van der Waals surface area contributed by atoms with Crippen LogP contribution >= 0.6 is 15.9 Å². The van der Waals surface area contributed by atoms with Crippen molar-refractivity contribution in [3.8, 4) is 11.6 Å². The van der Waals surface area contributed by atoms with Crippen molar-refractivity contribution in [3.63, 3.8) is 0 Å². The van der Waals surface area contributed by atoms with Crippen LogP contribution in [0.1, 0.15) is 43.0 Å². The third-order valence-electron chi connectivity index (χ3n) is 4.44. The molecule has 27 heavy (non-hydrogen) atoms. The van der Waals surface area contributed by atoms with Crippen molar-refractivity contribution < 1.29 is 18.7 Å². The molecule has 7 heteroatoms. The van der Waals surface area contributed by atoms with Crippen molar-refractivity contribution >= 4 is 21.8 Å². The number of rotatable bonds is 7. The first kappa shape index (κ1) is 19.8. The number of nitrogens with one attached hydrogen (secondary N) is 1. The summed E-state index contributed by atoms with van der Waals surface area (Å²) in [6, 6.07) is 7.41. The highest BCUT2D eigenvalue weighted by molar-refractivity contribution is 9.10. The summed E-state index contributed by atoms with van der Waals surface area (Å²) in [5.41, 5.74) is 0.331. The molecule has 0 saturated carbocycles. The fraction of sp³-hybridized carbons (Fsp3) is 0.400. The van der Waals surface area contributed by atoms with Crippen molar-refractivity contribution in [3.05, 3.63) is 52.4 Å². The van der Waals surface area contributed by atoms with E-state index in [4.69, 9.17) is 9.47 Å². The number of carbonyl (C=O) groups is 1. The fourth-order valence-corrected chi connectivity index (χ4v) is 3.42. The summed E-state index contributed by atoms with van der Waals surface area (Å²) in [6.45, 7) is 2.81. The second kappa shape index (κ2) is 9.28. The van der Waals surface area contributed by atoms with Crippen LogP contribution in [0.2, 0.25) is 0 Å². The Hall–Kier alpha value is -1.99. The Morgan fingerprint density at radius 3 is 3.07 bits per heavy atom. The molecule has 1 N–H and O–H groups in total. The second-order valence-corrected chi connectivity index (χ2v) is 7.47. The highest BCUT2D eigenvalue weighted by atomic mass is 79.9. The molecular formula is C20H22BrFN2O3. The number of hydrogen-bond donors (Lipinski definition) is 1. The van der Waals surface area contributed by atoms with Gasteiger partial charge in [-0.3, -0.25) is 4.79 Å². The predicted octanol–water partition coefficient (Wildman–Crippen LogP) is 4.85. The van der Waals surface area contributed by atoms with Gasteiger partial charge >= 0.3 is 0 Å². The Bertz CT molecular complexity index is 797. The first-order valence-electron chi connectivity index (χ1n) is 9.03. The standard InChI is InChI=1S/C20H22BrFN2O3/c1-13(6-8-15-4-3-11-26-15)24-19(25)16-5-2-10-23-20(16)27-18-9-7-14(22)12-17(18)21/h2,5,7,9-10,12-13,15H,3-4,6,8,11H2,1H3,(H,24,25). The molecule has 3 rings (SSSR count). The number of pyridine rings is 1. The summed E-state index contributed by atoms with van der Waals surface area (Å²) in [6.07, 6.45) is 5.83. The van der Waals surface area contributed by atoms with Crippen LogP contribution < -0.4 is 10.1 Å². The summed E-state index contributed by atoms with van der Waals surface area (Å²) in [5, 5.41) is 2.98. The summed E-state index contributed by atoms with van der Waals surface area (Å²) in [4.78, 5) is 16.8. The number of nitrogens with zero attached hydrogens (tertiary/aromatic N) is 1. The maximum atomic E-state index is 13.2. The highest BCUT2D eigenvalue weighted by Crippen LogP contribution is 2.30. The van der Waals surface area contributed by atoms with Crippen LogP contribution in [0.5, 0.6) is 11.6 Å². The van der Waals surface area contributed by atoms with E-state index in [1.54, 1.807) is 18.3 Å². The van der Waals surface area contributed by atoms with Gasteiger partial charge in [-0.05, 0) is 78.9 Å². The van der Waals surface area contributed by atoms with Crippen LogP contribution in [-0.4, -0.2) is 29.6 Å². The minimum Gasteiger partial charge on any atom is -0.437 e. The Kier molecular flexibility index (Phi) is 6.79. The molecule has 2 unspecified atom stereocenters. The molecular weight excluding hydrogens is 415 g/mol. The van der Waals surface area contributed by atoms with Gasteiger partial charge in [0.25, 0.3) is 5.91 Å². The van der Waals surface area contributed by atoms with Crippen molar-refractivity contribution in [2.75, 3.05) is 6.61 Å². The summed E-state index contributed by atoms with van der Waals surface area (Å²) < 4.78 is 25.1. The molecule has 1 aliphatic heterocycles. The summed E-state index contributed by atoms with van der Waals surface area (Å²) >= 11 is 3.25. The van der Waals surface area contributed by atoms with E-state index in [0.29, 0.717) is 21.9 Å². The van der Waals surface area contributed by atoms with Crippen molar-refractivity contribution in [1.82, 2.24) is 10.3 Å². The first-order valence-corrected chi connectivity index (χ1v) is 9.82. The molecule has 0 spiro atoms. The van der Waals surface area contributed by atoms with Crippen LogP contribution in [0, 0.1) is 5.82 Å². The molecule has 2 heterocycles. The normalized spacial score (nSPS) is 17.5. The van der Waals surface area contributed by atoms with Crippen molar-refractivity contribution in [1.29, 1.82) is 0 Å². The molecule has 1 aromatic heterocycles. The Balaban J connectivity index is 1.64. The number of halogens is 2. The smallest absolute Gasteiger partial charge is 0.256 e. The van der Waals surface area contributed by atoms with E-state index in [9.17, 15) is 9.18 Å². The van der Waals surface area contributed by atoms with Gasteiger partial charge in [-0.1, -0.05) is 0 Å². The molecule has 5 nitrogen and oxygen atoms in total. The molecule has 0 radical (unpaired) electrons. The molecule has 2 aromatic rings. The summed E-state index contributed by atoms with van der Waals surface area (Å²) in [7, 11) is 0. The third kappa shape index (κ3) is 5.49. The van der Waals surface area contributed by atoms with Gasteiger partial charge in [-0.15, -0.1) is 0 Å². The lowest BCUT2D eigenvalue weighted by atomic mass is 10.1. The SMILES string of the molecule is CC(CCC1CCCO1)NC(=O)c1cccnc1Oc1ccc(F)cc1Br. The van der Waals surface area contributed by atoms with Gasteiger partial charge in [0.15, 0.2) is 0 Å². The van der Waals surface area contributed by atoms with Crippen LogP contribution in [0.15, 0.2) is 41.0 Å². The maximum Gasteiger partial charge on any atom is 0.256 e. The summed E-state index contributed by atoms with van der Waals surface area (Å²) in [5.74, 6) is -0.0753. The largest absolute Gasteiger partial charge is 0.437 e. The van der Waals surface area contributed by atoms with E-state index in [0.717, 1.165) is 32.3 Å². The van der Waals surface area contributed by atoms with Gasteiger partial charge in [-0.25, -0.2) is 9.37 Å². The van der Waals surface area contributed by atoms with E-state index in [-0.39, 0.29) is 23.6 Å². The van der Waals surface area contributed by atoms with E-state index in [2.05, 4.69) is 26.2 Å². The number of hydrogen-bond acceptors (Lipinski definition) is 4. The third-order valence-corrected chi connectivity index (χ3v) is 5.06. The molecule has 1 aromatic carbocycles. The zero-order chi connectivity index (χ0) is 19.2. The lowest BCUT2D eigenvalue weighted by molar-refractivity contribution is 0.0897. The number of ether oxygens (including phenoxy) is 2. The predicted molar refractivity (Wildman–Crippen MR) is 104 cm³/mol. The van der Waals surface area contributed by atoms with Gasteiger partial charge in [0.2, 0.25) is 5.88 Å². The van der Waals surface area contributed by atoms with E-state index in [1.165, 1.54) is 18.2 Å². The Labute approximate surface area is 166 Å². The number of amides is 1. The lowest BCUT2D eigenvalue weighted by Gasteiger charge is -2.17. The highest BCUT2D eigenvalue weighted by Gasteiger charge is 2.20. The van der Waals surface area contributed by atoms with Crippen molar-refractivity contribution in [2.24, 2.45) is 0 Å². The Morgan fingerprint density at radius 1 is 1.48 bits per heavy atom. The van der Waals surface area contributed by atoms with Crippen LogP contribution in [0.4, 0.5) is 4.39 Å². The Morgan fingerprint density at radius 2 is 2.33 bits per heavy atom. The molecule has 144 valence electrons. The average molecular weight is 437 g/mol. The molecule has 0 bridgehead atoms. The molecule has 1 fully saturated rings. The minimum atomic E-state index is -0.381. The van der Waals surface area contributed by atoms with Crippen LogP contribution in [0.3, 0.4) is 0 Å². The van der Waals surface area contributed by atoms with Crippen LogP contribution in [0.25, 0.3) is 0 Å². The van der Waals surface area contributed by atoms with Gasteiger partial charge in [0.1, 0.15) is 17.1 Å². The quantitative estimate of drug-likeness (QED) is 0.673. The number of benzene rings is 1. The zero-order valence-corrected chi connectivity index (χ0v) is 16.7. The first-order chi connectivity index (χ1) is 13.0. The van der Waals surface area contributed by atoms with Gasteiger partial charge in [0, 0.05) is 18.8 Å². The molecule has 1 saturated heterocycles. The van der Waals surface area contributed by atoms with Gasteiger partial charge in [0.05, 0.1) is 10.6 Å². The van der Waals surface area contributed by atoms with Gasteiger partial charge < -0.3 is 14.8 Å². The fourth-order valence-electron chi connectivity index (χ4n) is 2.99. The molecule has 1 aliphatic rings. The van der Waals surface area contributed by atoms with Crippen molar-refractivity contribution in [2.45, 2.75) is 44.8 Å². The van der Waals surface area contributed by atoms with E-state index < -0.39 is 0 Å². The van der Waals surface area contributed by atoms with Gasteiger partial charge in [-0.2, -0.15) is 0 Å². The zero-order valence-electron chi connectivity index (χ0n) is 15.1.